The van der Waals surface area contributed by atoms with Crippen molar-refractivity contribution in [2.24, 2.45) is 0 Å². The lowest BCUT2D eigenvalue weighted by Gasteiger charge is -2.01. The predicted molar refractivity (Wildman–Crippen MR) is 57.6 cm³/mol. The van der Waals surface area contributed by atoms with Crippen LogP contribution < -0.4 is 5.32 Å². The third kappa shape index (κ3) is 1.68. The van der Waals surface area contributed by atoms with Crippen molar-refractivity contribution in [3.63, 3.8) is 0 Å². The first-order chi connectivity index (χ1) is 7.43. The zero-order valence-corrected chi connectivity index (χ0v) is 8.96. The molecule has 2 aromatic heterocycles. The molecule has 1 atom stereocenters. The molecule has 0 radical (unpaired) electrons. The van der Waals surface area contributed by atoms with Gasteiger partial charge in [-0.05, 0) is 30.8 Å². The van der Waals surface area contributed by atoms with Crippen LogP contribution in [0.15, 0.2) is 21.2 Å². The molecule has 1 aliphatic rings. The van der Waals surface area contributed by atoms with Gasteiger partial charge < -0.3 is 9.73 Å². The fourth-order valence-electron chi connectivity index (χ4n) is 1.77. The monoisotopic (exact) mass is 221 g/mol. The number of rotatable bonds is 2. The van der Waals surface area contributed by atoms with Gasteiger partial charge in [-0.25, -0.2) is 0 Å². The van der Waals surface area contributed by atoms with Gasteiger partial charge in [0, 0.05) is 10.9 Å². The van der Waals surface area contributed by atoms with E-state index in [-0.39, 0.29) is 6.04 Å². The standard InChI is InChI=1S/C10H11N3OS/c1-2-8(11-4-1)10-13-12-9(14-10)7-3-5-15-6-7/h3,5-6,8,11H,1-2,4H2. The molecule has 3 rings (SSSR count). The first-order valence-electron chi connectivity index (χ1n) is 5.03. The molecule has 15 heavy (non-hydrogen) atoms. The molecule has 5 heteroatoms. The molecule has 2 aromatic rings. The summed E-state index contributed by atoms with van der Waals surface area (Å²) in [7, 11) is 0. The van der Waals surface area contributed by atoms with Gasteiger partial charge in [-0.1, -0.05) is 0 Å². The van der Waals surface area contributed by atoms with Crippen LogP contribution in [0.1, 0.15) is 24.8 Å². The van der Waals surface area contributed by atoms with Gasteiger partial charge in [0.05, 0.1) is 6.04 Å². The average molecular weight is 221 g/mol. The molecule has 0 saturated carbocycles. The van der Waals surface area contributed by atoms with Crippen LogP contribution in [0, 0.1) is 0 Å². The summed E-state index contributed by atoms with van der Waals surface area (Å²) in [5.41, 5.74) is 1.01. The van der Waals surface area contributed by atoms with E-state index in [1.807, 2.05) is 16.8 Å². The summed E-state index contributed by atoms with van der Waals surface area (Å²) < 4.78 is 5.63. The normalized spacial score (nSPS) is 20.9. The number of thiophene rings is 1. The highest BCUT2D eigenvalue weighted by molar-refractivity contribution is 7.08. The molecule has 1 unspecified atom stereocenters. The van der Waals surface area contributed by atoms with Crippen molar-refractivity contribution in [3.05, 3.63) is 22.7 Å². The summed E-state index contributed by atoms with van der Waals surface area (Å²) in [5.74, 6) is 1.34. The van der Waals surface area contributed by atoms with Crippen LogP contribution in [0.3, 0.4) is 0 Å². The van der Waals surface area contributed by atoms with Crippen molar-refractivity contribution >= 4 is 11.3 Å². The third-order valence-electron chi connectivity index (χ3n) is 2.57. The van der Waals surface area contributed by atoms with Gasteiger partial charge >= 0.3 is 0 Å². The third-order valence-corrected chi connectivity index (χ3v) is 3.25. The molecule has 1 fully saturated rings. The molecule has 78 valence electrons. The van der Waals surface area contributed by atoms with Crippen molar-refractivity contribution < 1.29 is 4.42 Å². The Bertz CT molecular complexity index is 431. The number of hydrogen-bond donors (Lipinski definition) is 1. The highest BCUT2D eigenvalue weighted by atomic mass is 32.1. The average Bonchev–Trinajstić information content (AvgIpc) is 3.02. The lowest BCUT2D eigenvalue weighted by Crippen LogP contribution is -2.12. The fraction of sp³-hybridized carbons (Fsp3) is 0.400. The smallest absolute Gasteiger partial charge is 0.248 e. The van der Waals surface area contributed by atoms with Crippen molar-refractivity contribution in [2.45, 2.75) is 18.9 Å². The van der Waals surface area contributed by atoms with Gasteiger partial charge in [0.1, 0.15) is 0 Å². The van der Waals surface area contributed by atoms with Crippen molar-refractivity contribution in [1.82, 2.24) is 15.5 Å². The van der Waals surface area contributed by atoms with Crippen LogP contribution in [-0.2, 0) is 0 Å². The first-order valence-corrected chi connectivity index (χ1v) is 5.97. The predicted octanol–water partition coefficient (Wildman–Crippen LogP) is 2.22. The number of hydrogen-bond acceptors (Lipinski definition) is 5. The summed E-state index contributed by atoms with van der Waals surface area (Å²) in [6, 6.07) is 2.24. The molecule has 0 aliphatic carbocycles. The van der Waals surface area contributed by atoms with E-state index < -0.39 is 0 Å². The van der Waals surface area contributed by atoms with E-state index in [9.17, 15) is 0 Å². The van der Waals surface area contributed by atoms with Crippen molar-refractivity contribution in [2.75, 3.05) is 6.54 Å². The van der Waals surface area contributed by atoms with E-state index in [0.717, 1.165) is 18.5 Å². The SMILES string of the molecule is c1cc(-c2nnc(C3CCCN3)o2)cs1. The zero-order chi connectivity index (χ0) is 10.1. The Morgan fingerprint density at radius 1 is 1.47 bits per heavy atom. The van der Waals surface area contributed by atoms with Crippen LogP contribution in [0.5, 0.6) is 0 Å². The zero-order valence-electron chi connectivity index (χ0n) is 8.14. The van der Waals surface area contributed by atoms with Gasteiger partial charge in [-0.2, -0.15) is 11.3 Å². The molecule has 0 bridgehead atoms. The fourth-order valence-corrected chi connectivity index (χ4v) is 2.40. The van der Waals surface area contributed by atoms with Gasteiger partial charge in [-0.3, -0.25) is 0 Å². The lowest BCUT2D eigenvalue weighted by molar-refractivity contribution is 0.437. The second-order valence-corrected chi connectivity index (χ2v) is 4.39. The van der Waals surface area contributed by atoms with Crippen LogP contribution in [-0.4, -0.2) is 16.7 Å². The second kappa shape index (κ2) is 3.75. The van der Waals surface area contributed by atoms with Gasteiger partial charge in [0.15, 0.2) is 0 Å². The summed E-state index contributed by atoms with van der Waals surface area (Å²) in [5, 5.41) is 15.5. The molecule has 3 heterocycles. The molecule has 0 amide bonds. The van der Waals surface area contributed by atoms with Gasteiger partial charge in [0.25, 0.3) is 0 Å². The summed E-state index contributed by atoms with van der Waals surface area (Å²) in [4.78, 5) is 0. The topological polar surface area (TPSA) is 51.0 Å². The van der Waals surface area contributed by atoms with Crippen LogP contribution in [0.25, 0.3) is 11.5 Å². The molecule has 1 saturated heterocycles. The maximum Gasteiger partial charge on any atom is 0.248 e. The van der Waals surface area contributed by atoms with E-state index in [0.29, 0.717) is 11.8 Å². The minimum absolute atomic E-state index is 0.255. The van der Waals surface area contributed by atoms with Crippen molar-refractivity contribution in [3.8, 4) is 11.5 Å². The number of nitrogens with zero attached hydrogens (tertiary/aromatic N) is 2. The second-order valence-electron chi connectivity index (χ2n) is 3.61. The molecule has 1 aliphatic heterocycles. The number of aromatic nitrogens is 2. The molecular formula is C10H11N3OS. The Balaban J connectivity index is 1.87. The molecule has 0 aromatic carbocycles. The highest BCUT2D eigenvalue weighted by Gasteiger charge is 2.22. The Morgan fingerprint density at radius 2 is 2.47 bits per heavy atom. The number of nitrogens with one attached hydrogen (secondary N) is 1. The maximum atomic E-state index is 5.63. The van der Waals surface area contributed by atoms with Crippen LogP contribution >= 0.6 is 11.3 Å². The Labute approximate surface area is 91.3 Å². The first kappa shape index (κ1) is 9.06. The summed E-state index contributed by atoms with van der Waals surface area (Å²) in [6.07, 6.45) is 2.27. The summed E-state index contributed by atoms with van der Waals surface area (Å²) in [6.45, 7) is 1.04. The highest BCUT2D eigenvalue weighted by Crippen LogP contribution is 2.26. The van der Waals surface area contributed by atoms with E-state index in [2.05, 4.69) is 15.5 Å². The lowest BCUT2D eigenvalue weighted by atomic mass is 10.2. The van der Waals surface area contributed by atoms with Crippen molar-refractivity contribution in [1.29, 1.82) is 0 Å². The minimum atomic E-state index is 0.255. The molecular weight excluding hydrogens is 210 g/mol. The molecule has 4 nitrogen and oxygen atoms in total. The largest absolute Gasteiger partial charge is 0.419 e. The van der Waals surface area contributed by atoms with Gasteiger partial charge in [0.2, 0.25) is 11.8 Å². The summed E-state index contributed by atoms with van der Waals surface area (Å²) >= 11 is 1.63. The van der Waals surface area contributed by atoms with Crippen LogP contribution in [0.4, 0.5) is 0 Å². The minimum Gasteiger partial charge on any atom is -0.419 e. The Kier molecular flexibility index (Phi) is 2.26. The van der Waals surface area contributed by atoms with E-state index in [1.54, 1.807) is 11.3 Å². The van der Waals surface area contributed by atoms with E-state index >= 15 is 0 Å². The molecule has 1 N–H and O–H groups in total. The van der Waals surface area contributed by atoms with E-state index in [1.165, 1.54) is 6.42 Å². The Morgan fingerprint density at radius 3 is 3.20 bits per heavy atom. The van der Waals surface area contributed by atoms with Crippen LogP contribution in [0.2, 0.25) is 0 Å². The molecule has 0 spiro atoms. The van der Waals surface area contributed by atoms with Gasteiger partial charge in [-0.15, -0.1) is 10.2 Å². The van der Waals surface area contributed by atoms with E-state index in [4.69, 9.17) is 4.42 Å². The quantitative estimate of drug-likeness (QED) is 0.844. The maximum absolute atomic E-state index is 5.63. The Hall–Kier alpha value is -1.20.